The molecule has 0 N–H and O–H groups in total. The van der Waals surface area contributed by atoms with Crippen molar-refractivity contribution in [2.24, 2.45) is 23.2 Å². The topological polar surface area (TPSA) is 26.3 Å². The molecule has 0 saturated heterocycles. The van der Waals surface area contributed by atoms with Crippen molar-refractivity contribution >= 4 is 5.97 Å². The lowest BCUT2D eigenvalue weighted by atomic mass is 9.95. The predicted molar refractivity (Wildman–Crippen MR) is 68.6 cm³/mol. The first kappa shape index (κ1) is 12.9. The number of ether oxygens (including phenoxy) is 1. The number of esters is 1. The predicted octanol–water partition coefficient (Wildman–Crippen LogP) is 3.79. The van der Waals surface area contributed by atoms with E-state index in [1.807, 2.05) is 20.8 Å². The number of rotatable bonds is 2. The molecule has 0 aromatic heterocycles. The first-order valence-corrected chi connectivity index (χ1v) is 7.01. The van der Waals surface area contributed by atoms with E-state index in [1.54, 1.807) is 0 Å². The lowest BCUT2D eigenvalue weighted by molar-refractivity contribution is -0.157. The molecule has 1 spiro atoms. The van der Waals surface area contributed by atoms with Gasteiger partial charge in [-0.05, 0) is 50.9 Å². The molecule has 0 amide bonds. The summed E-state index contributed by atoms with van der Waals surface area (Å²) in [4.78, 5) is 12.3. The fourth-order valence-corrected chi connectivity index (χ4v) is 4.00. The van der Waals surface area contributed by atoms with E-state index in [-0.39, 0.29) is 17.5 Å². The lowest BCUT2D eigenvalue weighted by Gasteiger charge is -2.20. The summed E-state index contributed by atoms with van der Waals surface area (Å²) in [6.07, 6.45) is 5.06. The summed E-state index contributed by atoms with van der Waals surface area (Å²) in [5.41, 5.74) is -0.0303. The number of carbonyl (C=O) groups is 1. The van der Waals surface area contributed by atoms with Crippen LogP contribution in [0.2, 0.25) is 0 Å². The molecule has 2 saturated carbocycles. The molecule has 2 aliphatic carbocycles. The Balaban J connectivity index is 2.08. The average Bonchev–Trinajstić information content (AvgIpc) is 2.51. The molecule has 2 atom stereocenters. The zero-order valence-corrected chi connectivity index (χ0v) is 11.9. The first-order valence-electron chi connectivity index (χ1n) is 7.01. The van der Waals surface area contributed by atoms with Crippen molar-refractivity contribution in [1.82, 2.24) is 0 Å². The molecule has 17 heavy (non-hydrogen) atoms. The summed E-state index contributed by atoms with van der Waals surface area (Å²) < 4.78 is 5.59. The van der Waals surface area contributed by atoms with Gasteiger partial charge in [0, 0.05) is 0 Å². The Morgan fingerprint density at radius 1 is 1.24 bits per heavy atom. The third-order valence-corrected chi connectivity index (χ3v) is 4.45. The van der Waals surface area contributed by atoms with Crippen LogP contribution in [0.3, 0.4) is 0 Å². The molecule has 0 radical (unpaired) electrons. The minimum atomic E-state index is -0.346. The smallest absolute Gasteiger partial charge is 0.310 e. The van der Waals surface area contributed by atoms with Gasteiger partial charge in [0.05, 0.1) is 5.92 Å². The SMILES string of the molecule is CC(C)C1C(C(=O)OC(C)(C)C)C12CCCC2. The highest BCUT2D eigenvalue weighted by atomic mass is 16.6. The van der Waals surface area contributed by atoms with Gasteiger partial charge in [-0.25, -0.2) is 0 Å². The monoisotopic (exact) mass is 238 g/mol. The van der Waals surface area contributed by atoms with Crippen molar-refractivity contribution in [3.63, 3.8) is 0 Å². The summed E-state index contributed by atoms with van der Waals surface area (Å²) in [5, 5.41) is 0. The third-order valence-electron chi connectivity index (χ3n) is 4.45. The van der Waals surface area contributed by atoms with E-state index in [4.69, 9.17) is 4.74 Å². The Morgan fingerprint density at radius 2 is 1.76 bits per heavy atom. The molecule has 0 aromatic rings. The van der Waals surface area contributed by atoms with Gasteiger partial charge in [-0.15, -0.1) is 0 Å². The van der Waals surface area contributed by atoms with Crippen LogP contribution in [0.5, 0.6) is 0 Å². The second-order valence-corrected chi connectivity index (χ2v) is 7.22. The molecule has 2 unspecified atom stereocenters. The van der Waals surface area contributed by atoms with Gasteiger partial charge in [0.1, 0.15) is 5.60 Å². The normalized spacial score (nSPS) is 30.9. The minimum absolute atomic E-state index is 0.0538. The second-order valence-electron chi connectivity index (χ2n) is 7.22. The number of hydrogen-bond donors (Lipinski definition) is 0. The zero-order chi connectivity index (χ0) is 12.8. The summed E-state index contributed by atoms with van der Waals surface area (Å²) >= 11 is 0. The average molecular weight is 238 g/mol. The summed E-state index contributed by atoms with van der Waals surface area (Å²) in [5.74, 6) is 1.41. The van der Waals surface area contributed by atoms with Gasteiger partial charge < -0.3 is 4.74 Å². The van der Waals surface area contributed by atoms with E-state index < -0.39 is 0 Å². The Hall–Kier alpha value is -0.530. The highest BCUT2D eigenvalue weighted by Crippen LogP contribution is 2.70. The largest absolute Gasteiger partial charge is 0.460 e. The van der Waals surface area contributed by atoms with Crippen molar-refractivity contribution in [3.8, 4) is 0 Å². The fourth-order valence-electron chi connectivity index (χ4n) is 4.00. The summed E-state index contributed by atoms with van der Waals surface area (Å²) in [6, 6.07) is 0. The maximum Gasteiger partial charge on any atom is 0.310 e. The Kier molecular flexibility index (Phi) is 3.04. The highest BCUT2D eigenvalue weighted by Gasteiger charge is 2.69. The molecule has 98 valence electrons. The maximum atomic E-state index is 12.3. The van der Waals surface area contributed by atoms with Gasteiger partial charge >= 0.3 is 5.97 Å². The van der Waals surface area contributed by atoms with Crippen LogP contribution >= 0.6 is 0 Å². The minimum Gasteiger partial charge on any atom is -0.460 e. The van der Waals surface area contributed by atoms with Crippen molar-refractivity contribution in [3.05, 3.63) is 0 Å². The van der Waals surface area contributed by atoms with E-state index in [9.17, 15) is 4.79 Å². The molecule has 2 aliphatic rings. The van der Waals surface area contributed by atoms with Crippen molar-refractivity contribution in [1.29, 1.82) is 0 Å². The molecular weight excluding hydrogens is 212 g/mol. The van der Waals surface area contributed by atoms with Gasteiger partial charge in [-0.2, -0.15) is 0 Å². The Morgan fingerprint density at radius 3 is 2.18 bits per heavy atom. The van der Waals surface area contributed by atoms with Gasteiger partial charge in [0.25, 0.3) is 0 Å². The van der Waals surface area contributed by atoms with Crippen molar-refractivity contribution in [2.45, 2.75) is 65.9 Å². The van der Waals surface area contributed by atoms with Crippen LogP contribution in [0.1, 0.15) is 60.3 Å². The molecule has 0 aliphatic heterocycles. The highest BCUT2D eigenvalue weighted by molar-refractivity contribution is 5.78. The standard InChI is InChI=1S/C15H26O2/c1-10(2)11-12(13(16)17-14(3,4)5)15(11)8-6-7-9-15/h10-12H,6-9H2,1-5H3. The number of carbonyl (C=O) groups excluding carboxylic acids is 1. The third kappa shape index (κ3) is 2.23. The van der Waals surface area contributed by atoms with Crippen molar-refractivity contribution < 1.29 is 9.53 Å². The van der Waals surface area contributed by atoms with Crippen molar-refractivity contribution in [2.75, 3.05) is 0 Å². The first-order chi connectivity index (χ1) is 7.78. The Bertz CT molecular complexity index is 305. The number of hydrogen-bond acceptors (Lipinski definition) is 2. The van der Waals surface area contributed by atoms with Gasteiger partial charge in [0.2, 0.25) is 0 Å². The van der Waals surface area contributed by atoms with Crippen LogP contribution < -0.4 is 0 Å². The van der Waals surface area contributed by atoms with Gasteiger partial charge in [-0.3, -0.25) is 4.79 Å². The van der Waals surface area contributed by atoms with Crippen LogP contribution in [0.4, 0.5) is 0 Å². The molecule has 0 bridgehead atoms. The van der Waals surface area contributed by atoms with E-state index in [0.717, 1.165) is 0 Å². The fraction of sp³-hybridized carbons (Fsp3) is 0.933. The summed E-state index contributed by atoms with van der Waals surface area (Å²) in [6.45, 7) is 10.4. The van der Waals surface area contributed by atoms with Crippen LogP contribution in [0.15, 0.2) is 0 Å². The van der Waals surface area contributed by atoms with Crippen LogP contribution in [-0.2, 0) is 9.53 Å². The lowest BCUT2D eigenvalue weighted by Crippen LogP contribution is -2.26. The van der Waals surface area contributed by atoms with Crippen LogP contribution in [0, 0.1) is 23.2 Å². The molecule has 2 nitrogen and oxygen atoms in total. The van der Waals surface area contributed by atoms with Gasteiger partial charge in [0.15, 0.2) is 0 Å². The molecule has 0 heterocycles. The molecular formula is C15H26O2. The van der Waals surface area contributed by atoms with Crippen LogP contribution in [-0.4, -0.2) is 11.6 Å². The Labute approximate surface area is 105 Å². The molecule has 2 heteroatoms. The summed E-state index contributed by atoms with van der Waals surface area (Å²) in [7, 11) is 0. The van der Waals surface area contributed by atoms with Crippen LogP contribution in [0.25, 0.3) is 0 Å². The van der Waals surface area contributed by atoms with E-state index in [1.165, 1.54) is 25.7 Å². The zero-order valence-electron chi connectivity index (χ0n) is 11.9. The van der Waals surface area contributed by atoms with E-state index in [0.29, 0.717) is 17.3 Å². The quantitative estimate of drug-likeness (QED) is 0.684. The van der Waals surface area contributed by atoms with Gasteiger partial charge in [-0.1, -0.05) is 26.7 Å². The van der Waals surface area contributed by atoms with E-state index in [2.05, 4.69) is 13.8 Å². The molecule has 0 aromatic carbocycles. The molecule has 2 fully saturated rings. The van der Waals surface area contributed by atoms with E-state index >= 15 is 0 Å². The molecule has 2 rings (SSSR count). The second kappa shape index (κ2) is 4.00. The maximum absolute atomic E-state index is 12.3.